The number of nitrogens with zero attached hydrogens (tertiary/aromatic N) is 2. The van der Waals surface area contributed by atoms with Crippen LogP contribution in [0.2, 0.25) is 0 Å². The van der Waals surface area contributed by atoms with Crippen molar-refractivity contribution < 1.29 is 9.59 Å². The average molecular weight is 270 g/mol. The van der Waals surface area contributed by atoms with Crippen LogP contribution in [0.4, 0.5) is 0 Å². The van der Waals surface area contributed by atoms with Crippen LogP contribution in [0.25, 0.3) is 0 Å². The van der Waals surface area contributed by atoms with Crippen LogP contribution in [0, 0.1) is 0 Å². The first-order valence-electron chi connectivity index (χ1n) is 7.06. The summed E-state index contributed by atoms with van der Waals surface area (Å²) in [5.74, 6) is -0.685. The van der Waals surface area contributed by atoms with Crippen molar-refractivity contribution in [1.29, 1.82) is 0 Å². The summed E-state index contributed by atoms with van der Waals surface area (Å²) in [4.78, 5) is 27.0. The first kappa shape index (κ1) is 15.9. The van der Waals surface area contributed by atoms with Gasteiger partial charge in [0.15, 0.2) is 0 Å². The van der Waals surface area contributed by atoms with Crippen molar-refractivity contribution in [2.75, 3.05) is 26.2 Å². The lowest BCUT2D eigenvalue weighted by atomic mass is 10.0. The molecule has 2 amide bonds. The zero-order chi connectivity index (χ0) is 14.4. The van der Waals surface area contributed by atoms with Gasteiger partial charge < -0.3 is 21.3 Å². The fourth-order valence-electron chi connectivity index (χ4n) is 2.73. The number of primary amides is 1. The Morgan fingerprint density at radius 1 is 1.26 bits per heavy atom. The number of carbonyl (C=O) groups is 2. The summed E-state index contributed by atoms with van der Waals surface area (Å²) in [6, 6.07) is -0.242. The highest BCUT2D eigenvalue weighted by atomic mass is 16.2. The van der Waals surface area contributed by atoms with Gasteiger partial charge in [0.25, 0.3) is 0 Å². The third-order valence-corrected chi connectivity index (χ3v) is 3.84. The Labute approximate surface area is 115 Å². The highest BCUT2D eigenvalue weighted by Crippen LogP contribution is 2.17. The zero-order valence-electron chi connectivity index (χ0n) is 12.0. The maximum atomic E-state index is 12.0. The van der Waals surface area contributed by atoms with E-state index in [1.54, 1.807) is 4.90 Å². The Balaban J connectivity index is 2.45. The average Bonchev–Trinajstić information content (AvgIpc) is 2.39. The van der Waals surface area contributed by atoms with E-state index < -0.39 is 11.9 Å². The number of carbonyl (C=O) groups excluding carboxylic acids is 2. The van der Waals surface area contributed by atoms with Crippen molar-refractivity contribution in [2.45, 2.75) is 45.2 Å². The van der Waals surface area contributed by atoms with Crippen LogP contribution in [0.15, 0.2) is 0 Å². The van der Waals surface area contributed by atoms with E-state index in [0.29, 0.717) is 19.1 Å². The molecule has 1 atom stereocenters. The monoisotopic (exact) mass is 270 g/mol. The zero-order valence-corrected chi connectivity index (χ0v) is 12.0. The number of amides is 2. The van der Waals surface area contributed by atoms with Crippen molar-refractivity contribution in [2.24, 2.45) is 11.5 Å². The molecule has 0 aromatic rings. The fraction of sp³-hybridized carbons (Fsp3) is 0.846. The van der Waals surface area contributed by atoms with Crippen LogP contribution in [0.3, 0.4) is 0 Å². The molecule has 0 radical (unpaired) electrons. The van der Waals surface area contributed by atoms with E-state index in [1.807, 2.05) is 0 Å². The molecule has 0 aromatic heterocycles. The second kappa shape index (κ2) is 7.45. The Morgan fingerprint density at radius 2 is 1.79 bits per heavy atom. The molecule has 19 heavy (non-hydrogen) atoms. The highest BCUT2D eigenvalue weighted by molar-refractivity contribution is 5.87. The molecule has 1 saturated heterocycles. The molecule has 1 unspecified atom stereocenters. The highest BCUT2D eigenvalue weighted by Gasteiger charge is 2.28. The molecule has 1 heterocycles. The van der Waals surface area contributed by atoms with Crippen molar-refractivity contribution in [3.8, 4) is 0 Å². The van der Waals surface area contributed by atoms with Crippen LogP contribution in [-0.2, 0) is 9.59 Å². The summed E-state index contributed by atoms with van der Waals surface area (Å²) < 4.78 is 0. The van der Waals surface area contributed by atoms with Crippen molar-refractivity contribution in [1.82, 2.24) is 9.80 Å². The normalized spacial score (nSPS) is 18.6. The molecule has 0 bridgehead atoms. The summed E-state index contributed by atoms with van der Waals surface area (Å²) in [6.07, 6.45) is 1.86. The number of likely N-dealkylation sites (tertiary alicyclic amines) is 1. The maximum Gasteiger partial charge on any atom is 0.240 e. The van der Waals surface area contributed by atoms with Gasteiger partial charge in [-0.05, 0) is 25.9 Å². The standard InChI is InChI=1S/C13H26N4O2/c1-3-16(4-2)10-5-7-17(8-6-10)13(19)11(14)9-12(15)18/h10-11H,3-9,14H2,1-2H3,(H2,15,18). The number of hydrogen-bond acceptors (Lipinski definition) is 4. The summed E-state index contributed by atoms with van der Waals surface area (Å²) in [7, 11) is 0. The third-order valence-electron chi connectivity index (χ3n) is 3.84. The minimum atomic E-state index is -0.789. The molecule has 110 valence electrons. The summed E-state index contributed by atoms with van der Waals surface area (Å²) >= 11 is 0. The number of piperidine rings is 1. The summed E-state index contributed by atoms with van der Waals surface area (Å²) in [6.45, 7) is 7.82. The lowest BCUT2D eigenvalue weighted by Gasteiger charge is -2.38. The predicted octanol–water partition coefficient (Wildman–Crippen LogP) is -0.478. The topological polar surface area (TPSA) is 92.7 Å². The molecule has 4 N–H and O–H groups in total. The van der Waals surface area contributed by atoms with E-state index in [2.05, 4.69) is 18.7 Å². The number of rotatable bonds is 6. The molecular formula is C13H26N4O2. The molecule has 1 aliphatic heterocycles. The van der Waals surface area contributed by atoms with E-state index in [-0.39, 0.29) is 12.3 Å². The quantitative estimate of drug-likeness (QED) is 0.682. The molecule has 0 aromatic carbocycles. The van der Waals surface area contributed by atoms with E-state index in [9.17, 15) is 9.59 Å². The van der Waals surface area contributed by atoms with Crippen LogP contribution >= 0.6 is 0 Å². The van der Waals surface area contributed by atoms with E-state index in [1.165, 1.54) is 0 Å². The Bertz CT molecular complexity index is 310. The maximum absolute atomic E-state index is 12.0. The predicted molar refractivity (Wildman–Crippen MR) is 74.3 cm³/mol. The molecule has 0 spiro atoms. The van der Waals surface area contributed by atoms with Gasteiger partial charge in [0, 0.05) is 19.1 Å². The molecule has 6 nitrogen and oxygen atoms in total. The summed E-state index contributed by atoms with van der Waals surface area (Å²) in [5.41, 5.74) is 10.8. The van der Waals surface area contributed by atoms with Crippen LogP contribution in [0.1, 0.15) is 33.1 Å². The molecule has 1 aliphatic rings. The largest absolute Gasteiger partial charge is 0.370 e. The lowest BCUT2D eigenvalue weighted by molar-refractivity contribution is -0.136. The van der Waals surface area contributed by atoms with E-state index >= 15 is 0 Å². The fourth-order valence-corrected chi connectivity index (χ4v) is 2.73. The van der Waals surface area contributed by atoms with Crippen LogP contribution < -0.4 is 11.5 Å². The van der Waals surface area contributed by atoms with Crippen molar-refractivity contribution >= 4 is 11.8 Å². The SMILES string of the molecule is CCN(CC)C1CCN(C(=O)C(N)CC(N)=O)CC1. The second-order valence-electron chi connectivity index (χ2n) is 5.05. The minimum Gasteiger partial charge on any atom is -0.370 e. The van der Waals surface area contributed by atoms with Crippen molar-refractivity contribution in [3.63, 3.8) is 0 Å². The Morgan fingerprint density at radius 3 is 2.21 bits per heavy atom. The number of hydrogen-bond donors (Lipinski definition) is 2. The minimum absolute atomic E-state index is 0.0746. The first-order chi connectivity index (χ1) is 8.99. The van der Waals surface area contributed by atoms with Gasteiger partial charge in [0.05, 0.1) is 12.5 Å². The number of nitrogens with two attached hydrogens (primary N) is 2. The van der Waals surface area contributed by atoms with Gasteiger partial charge >= 0.3 is 0 Å². The van der Waals surface area contributed by atoms with Gasteiger partial charge in [-0.1, -0.05) is 13.8 Å². The van der Waals surface area contributed by atoms with Gasteiger partial charge in [-0.2, -0.15) is 0 Å². The smallest absolute Gasteiger partial charge is 0.240 e. The lowest BCUT2D eigenvalue weighted by Crippen LogP contribution is -2.51. The van der Waals surface area contributed by atoms with Gasteiger partial charge in [0.2, 0.25) is 11.8 Å². The third kappa shape index (κ3) is 4.47. The molecule has 6 heteroatoms. The van der Waals surface area contributed by atoms with Gasteiger partial charge in [-0.25, -0.2) is 0 Å². The van der Waals surface area contributed by atoms with E-state index in [0.717, 1.165) is 25.9 Å². The second-order valence-corrected chi connectivity index (χ2v) is 5.05. The first-order valence-corrected chi connectivity index (χ1v) is 7.06. The van der Waals surface area contributed by atoms with Crippen molar-refractivity contribution in [3.05, 3.63) is 0 Å². The summed E-state index contributed by atoms with van der Waals surface area (Å²) in [5, 5.41) is 0. The van der Waals surface area contributed by atoms with Gasteiger partial charge in [-0.3, -0.25) is 9.59 Å². The van der Waals surface area contributed by atoms with Gasteiger partial charge in [-0.15, -0.1) is 0 Å². The van der Waals surface area contributed by atoms with Gasteiger partial charge in [0.1, 0.15) is 0 Å². The molecule has 0 saturated carbocycles. The van der Waals surface area contributed by atoms with Crippen LogP contribution in [0.5, 0.6) is 0 Å². The molecule has 1 rings (SSSR count). The Kier molecular flexibility index (Phi) is 6.24. The Hall–Kier alpha value is -1.14. The van der Waals surface area contributed by atoms with E-state index in [4.69, 9.17) is 11.5 Å². The molecule has 1 fully saturated rings. The van der Waals surface area contributed by atoms with Crippen LogP contribution in [-0.4, -0.2) is 59.9 Å². The molecular weight excluding hydrogens is 244 g/mol. The molecule has 0 aliphatic carbocycles.